The van der Waals surface area contributed by atoms with E-state index in [0.29, 0.717) is 38.9 Å². The molecule has 0 radical (unpaired) electrons. The van der Waals surface area contributed by atoms with Gasteiger partial charge in [-0.1, -0.05) is 25.0 Å². The summed E-state index contributed by atoms with van der Waals surface area (Å²) in [5.74, 6) is -0.00231. The van der Waals surface area contributed by atoms with Crippen molar-refractivity contribution in [2.75, 3.05) is 19.6 Å². The van der Waals surface area contributed by atoms with Crippen molar-refractivity contribution in [3.63, 3.8) is 0 Å². The lowest BCUT2D eigenvalue weighted by atomic mass is 9.97. The second-order valence-electron chi connectivity index (χ2n) is 7.74. The van der Waals surface area contributed by atoms with E-state index in [0.717, 1.165) is 37.9 Å². The van der Waals surface area contributed by atoms with Crippen LogP contribution in [-0.2, 0) is 21.4 Å². The number of hydrogen-bond donors (Lipinski definition) is 1. The average Bonchev–Trinajstić information content (AvgIpc) is 3.11. The third-order valence-electron chi connectivity index (χ3n) is 5.68. The Balaban J connectivity index is 1.57. The molecule has 1 aromatic rings. The molecule has 0 saturated carbocycles. The highest BCUT2D eigenvalue weighted by Gasteiger charge is 2.33. The minimum absolute atomic E-state index is 0.0684. The number of aryl methyl sites for hydroxylation is 2. The molecule has 1 atom stereocenters. The maximum Gasteiger partial charge on any atom is 0.223 e. The summed E-state index contributed by atoms with van der Waals surface area (Å²) < 4.78 is 28.3. The summed E-state index contributed by atoms with van der Waals surface area (Å²) in [6.45, 7) is 8.11. The zero-order chi connectivity index (χ0) is 20.6. The van der Waals surface area contributed by atoms with Gasteiger partial charge in [-0.25, -0.2) is 17.4 Å². The Bertz CT molecular complexity index is 711. The van der Waals surface area contributed by atoms with Crippen LogP contribution in [0.4, 0.5) is 0 Å². The molecule has 0 spiro atoms. The van der Waals surface area contributed by atoms with Crippen molar-refractivity contribution in [1.29, 1.82) is 0 Å². The summed E-state index contributed by atoms with van der Waals surface area (Å²) in [6, 6.07) is 0. The van der Waals surface area contributed by atoms with Crippen LogP contribution in [-0.4, -0.2) is 58.5 Å². The Hall–Kier alpha value is -1.48. The van der Waals surface area contributed by atoms with Crippen LogP contribution >= 0.6 is 0 Å². The second kappa shape index (κ2) is 10.9. The van der Waals surface area contributed by atoms with Crippen molar-refractivity contribution >= 4 is 15.9 Å². The third kappa shape index (κ3) is 6.27. The molecule has 1 aliphatic rings. The molecule has 1 unspecified atom stereocenters. The van der Waals surface area contributed by atoms with Crippen molar-refractivity contribution in [3.8, 4) is 0 Å². The fourth-order valence-corrected chi connectivity index (χ4v) is 5.11. The van der Waals surface area contributed by atoms with E-state index in [1.54, 1.807) is 17.4 Å². The first kappa shape index (κ1) is 22.8. The predicted octanol–water partition coefficient (Wildman–Crippen LogP) is 2.10. The highest BCUT2D eigenvalue weighted by atomic mass is 32.2. The van der Waals surface area contributed by atoms with Gasteiger partial charge in [0.2, 0.25) is 15.9 Å². The number of rotatable bonds is 11. The van der Waals surface area contributed by atoms with Gasteiger partial charge in [-0.2, -0.15) is 0 Å². The number of unbranched alkanes of at least 4 members (excludes halogenated alkanes) is 3. The van der Waals surface area contributed by atoms with E-state index in [9.17, 15) is 13.2 Å². The van der Waals surface area contributed by atoms with Crippen LogP contribution in [0.25, 0.3) is 0 Å². The molecule has 1 amide bonds. The summed E-state index contributed by atoms with van der Waals surface area (Å²) in [5.41, 5.74) is 1.08. The Morgan fingerprint density at radius 3 is 2.54 bits per heavy atom. The quantitative estimate of drug-likeness (QED) is 0.560. The highest BCUT2D eigenvalue weighted by Crippen LogP contribution is 2.22. The number of carbonyl (C=O) groups is 1. The van der Waals surface area contributed by atoms with Crippen LogP contribution in [0.5, 0.6) is 0 Å². The van der Waals surface area contributed by atoms with Crippen LogP contribution in [0.3, 0.4) is 0 Å². The van der Waals surface area contributed by atoms with Gasteiger partial charge in [0.15, 0.2) is 0 Å². The Kier molecular flexibility index (Phi) is 8.88. The van der Waals surface area contributed by atoms with Crippen LogP contribution in [0, 0.1) is 12.8 Å². The molecule has 2 rings (SSSR count). The SMILES string of the molecule is CCC(C)S(=O)(=O)N1CCC(C(=O)NCCCCCCn2nncc2C)CC1. The van der Waals surface area contributed by atoms with Crippen LogP contribution in [0.15, 0.2) is 6.20 Å². The number of piperidine rings is 1. The molecule has 160 valence electrons. The van der Waals surface area contributed by atoms with Gasteiger partial charge in [0.1, 0.15) is 0 Å². The van der Waals surface area contributed by atoms with Crippen LogP contribution in [0.1, 0.15) is 64.5 Å². The molecule has 0 aromatic carbocycles. The lowest BCUT2D eigenvalue weighted by molar-refractivity contribution is -0.126. The molecule has 9 heteroatoms. The fourth-order valence-electron chi connectivity index (χ4n) is 3.46. The van der Waals surface area contributed by atoms with Gasteiger partial charge in [0.25, 0.3) is 0 Å². The first-order chi connectivity index (χ1) is 13.4. The maximum atomic E-state index is 12.4. The lowest BCUT2D eigenvalue weighted by Crippen LogP contribution is -2.45. The van der Waals surface area contributed by atoms with E-state index in [1.165, 1.54) is 0 Å². The lowest BCUT2D eigenvalue weighted by Gasteiger charge is -2.32. The Labute approximate surface area is 169 Å². The van der Waals surface area contributed by atoms with Crippen molar-refractivity contribution in [2.24, 2.45) is 5.92 Å². The Morgan fingerprint density at radius 1 is 1.25 bits per heavy atom. The molecule has 28 heavy (non-hydrogen) atoms. The fraction of sp³-hybridized carbons (Fsp3) is 0.842. The summed E-state index contributed by atoms with van der Waals surface area (Å²) in [4.78, 5) is 12.3. The van der Waals surface area contributed by atoms with E-state index >= 15 is 0 Å². The van der Waals surface area contributed by atoms with Gasteiger partial charge in [-0.15, -0.1) is 5.10 Å². The normalized spacial score (nSPS) is 17.5. The van der Waals surface area contributed by atoms with Crippen molar-refractivity contribution in [3.05, 3.63) is 11.9 Å². The smallest absolute Gasteiger partial charge is 0.223 e. The topological polar surface area (TPSA) is 97.2 Å². The zero-order valence-electron chi connectivity index (χ0n) is 17.4. The monoisotopic (exact) mass is 413 g/mol. The minimum atomic E-state index is -3.22. The molecule has 8 nitrogen and oxygen atoms in total. The molecule has 0 bridgehead atoms. The second-order valence-corrected chi connectivity index (χ2v) is 10.1. The molecule has 1 aromatic heterocycles. The summed E-state index contributed by atoms with van der Waals surface area (Å²) in [7, 11) is -3.22. The van der Waals surface area contributed by atoms with Gasteiger partial charge in [-0.05, 0) is 46.0 Å². The molecule has 1 fully saturated rings. The molecular weight excluding hydrogens is 378 g/mol. The summed E-state index contributed by atoms with van der Waals surface area (Å²) in [5, 5.41) is 10.6. The first-order valence-electron chi connectivity index (χ1n) is 10.5. The van der Waals surface area contributed by atoms with E-state index in [1.807, 2.05) is 18.5 Å². The van der Waals surface area contributed by atoms with Gasteiger partial charge >= 0.3 is 0 Å². The number of nitrogens with one attached hydrogen (secondary N) is 1. The maximum absolute atomic E-state index is 12.4. The molecule has 0 aliphatic carbocycles. The number of aromatic nitrogens is 3. The zero-order valence-corrected chi connectivity index (χ0v) is 18.2. The van der Waals surface area contributed by atoms with Gasteiger partial charge in [0, 0.05) is 32.1 Å². The summed E-state index contributed by atoms with van der Waals surface area (Å²) >= 11 is 0. The number of amides is 1. The van der Waals surface area contributed by atoms with Gasteiger partial charge < -0.3 is 5.32 Å². The number of sulfonamides is 1. The summed E-state index contributed by atoms with van der Waals surface area (Å²) in [6.07, 6.45) is 7.78. The predicted molar refractivity (Wildman–Crippen MR) is 109 cm³/mol. The molecule has 1 aliphatic heterocycles. The van der Waals surface area contributed by atoms with E-state index in [-0.39, 0.29) is 17.1 Å². The largest absolute Gasteiger partial charge is 0.356 e. The van der Waals surface area contributed by atoms with Crippen molar-refractivity contribution < 1.29 is 13.2 Å². The van der Waals surface area contributed by atoms with Crippen LogP contribution in [0.2, 0.25) is 0 Å². The van der Waals surface area contributed by atoms with Crippen LogP contribution < -0.4 is 5.32 Å². The number of carbonyl (C=O) groups excluding carboxylic acids is 1. The van der Waals surface area contributed by atoms with Crippen molar-refractivity contribution in [1.82, 2.24) is 24.6 Å². The molecular formula is C19H35N5O3S. The Morgan fingerprint density at radius 2 is 1.93 bits per heavy atom. The van der Waals surface area contributed by atoms with Gasteiger partial charge in [-0.3, -0.25) is 4.79 Å². The highest BCUT2D eigenvalue weighted by molar-refractivity contribution is 7.89. The van der Waals surface area contributed by atoms with E-state index in [4.69, 9.17) is 0 Å². The van der Waals surface area contributed by atoms with Gasteiger partial charge in [0.05, 0.1) is 17.1 Å². The van der Waals surface area contributed by atoms with E-state index in [2.05, 4.69) is 15.6 Å². The molecule has 1 N–H and O–H groups in total. The molecule has 1 saturated heterocycles. The standard InChI is InChI=1S/C19H35N5O3S/c1-4-17(3)28(26,27)23-13-9-18(10-14-23)19(25)20-11-7-5-6-8-12-24-16(2)15-21-22-24/h15,17-18H,4-14H2,1-3H3,(H,20,25). The third-order valence-corrected chi connectivity index (χ3v) is 8.11. The van der Waals surface area contributed by atoms with Crippen molar-refractivity contribution in [2.45, 2.75) is 77.5 Å². The first-order valence-corrected chi connectivity index (χ1v) is 12.0. The number of nitrogens with zero attached hydrogens (tertiary/aromatic N) is 4. The van der Waals surface area contributed by atoms with E-state index < -0.39 is 10.0 Å². The average molecular weight is 414 g/mol. The minimum Gasteiger partial charge on any atom is -0.356 e. The molecule has 2 heterocycles. The number of hydrogen-bond acceptors (Lipinski definition) is 5.